The highest BCUT2D eigenvalue weighted by Crippen LogP contribution is 2.27. The number of aliphatic hydroxyl groups is 4. The van der Waals surface area contributed by atoms with E-state index in [2.05, 4.69) is 0 Å². The number of hydrogen-bond donors (Lipinski definition) is 5. The average Bonchev–Trinajstić information content (AvgIpc) is 2.75. The molecule has 2 aromatic carbocycles. The Hall–Kier alpha value is -2.95. The molecule has 1 aliphatic rings. The van der Waals surface area contributed by atoms with E-state index in [9.17, 15) is 30.3 Å². The SMILES string of the molecule is O=c1c(-c2ccc(O)cc2)coc2cc(O[C@H]3O[C@H](CO)[C@@H](O)[C@@H](O)[C@@H]3O)ccc12. The lowest BCUT2D eigenvalue weighted by atomic mass is 9.99. The van der Waals surface area contributed by atoms with Crippen LogP contribution >= 0.6 is 0 Å². The van der Waals surface area contributed by atoms with Crippen LogP contribution < -0.4 is 10.2 Å². The molecule has 0 spiro atoms. The van der Waals surface area contributed by atoms with Crippen molar-refractivity contribution in [3.63, 3.8) is 0 Å². The van der Waals surface area contributed by atoms with Crippen molar-refractivity contribution in [2.45, 2.75) is 30.7 Å². The van der Waals surface area contributed by atoms with Crippen molar-refractivity contribution in [3.8, 4) is 22.6 Å². The molecule has 4 rings (SSSR count). The van der Waals surface area contributed by atoms with Crippen LogP contribution in [-0.4, -0.2) is 62.8 Å². The fraction of sp³-hybridized carbons (Fsp3) is 0.286. The fourth-order valence-electron chi connectivity index (χ4n) is 3.32. The van der Waals surface area contributed by atoms with Crippen molar-refractivity contribution in [1.29, 1.82) is 0 Å². The monoisotopic (exact) mass is 416 g/mol. The van der Waals surface area contributed by atoms with Gasteiger partial charge >= 0.3 is 0 Å². The first kappa shape index (κ1) is 20.3. The van der Waals surface area contributed by atoms with Gasteiger partial charge in [0.15, 0.2) is 5.43 Å². The third-order valence-electron chi connectivity index (χ3n) is 5.03. The summed E-state index contributed by atoms with van der Waals surface area (Å²) >= 11 is 0. The number of hydrogen-bond acceptors (Lipinski definition) is 9. The number of fused-ring (bicyclic) bond motifs is 1. The summed E-state index contributed by atoms with van der Waals surface area (Å²) in [5.41, 5.74) is 0.862. The van der Waals surface area contributed by atoms with Crippen molar-refractivity contribution in [3.05, 3.63) is 59.0 Å². The van der Waals surface area contributed by atoms with E-state index in [1.165, 1.54) is 36.6 Å². The van der Waals surface area contributed by atoms with Crippen LogP contribution in [0.3, 0.4) is 0 Å². The lowest BCUT2D eigenvalue weighted by Crippen LogP contribution is -2.60. The maximum Gasteiger partial charge on any atom is 0.229 e. The van der Waals surface area contributed by atoms with Gasteiger partial charge in [0, 0.05) is 6.07 Å². The summed E-state index contributed by atoms with van der Waals surface area (Å²) in [5.74, 6) is 0.270. The quantitative estimate of drug-likeness (QED) is 0.406. The number of aliphatic hydroxyl groups excluding tert-OH is 4. The van der Waals surface area contributed by atoms with Crippen molar-refractivity contribution in [2.24, 2.45) is 0 Å². The molecule has 0 unspecified atom stereocenters. The highest BCUT2D eigenvalue weighted by atomic mass is 16.7. The molecule has 1 aliphatic heterocycles. The van der Waals surface area contributed by atoms with Gasteiger partial charge in [0.2, 0.25) is 6.29 Å². The first-order chi connectivity index (χ1) is 14.4. The number of phenolic OH excluding ortho intramolecular Hbond substituents is 1. The minimum absolute atomic E-state index is 0.0823. The Morgan fingerprint density at radius 3 is 2.40 bits per heavy atom. The smallest absolute Gasteiger partial charge is 0.229 e. The Balaban J connectivity index is 1.62. The molecule has 0 aliphatic carbocycles. The number of aromatic hydroxyl groups is 1. The van der Waals surface area contributed by atoms with Gasteiger partial charge in [-0.15, -0.1) is 0 Å². The molecular weight excluding hydrogens is 396 g/mol. The molecule has 1 aromatic heterocycles. The van der Waals surface area contributed by atoms with Gasteiger partial charge in [0.25, 0.3) is 0 Å². The summed E-state index contributed by atoms with van der Waals surface area (Å²) in [6.07, 6.45) is -5.75. The zero-order chi connectivity index (χ0) is 21.4. The van der Waals surface area contributed by atoms with Crippen LogP contribution in [0, 0.1) is 0 Å². The second kappa shape index (κ2) is 8.05. The highest BCUT2D eigenvalue weighted by molar-refractivity contribution is 5.82. The normalized spacial score (nSPS) is 26.6. The summed E-state index contributed by atoms with van der Waals surface area (Å²) < 4.78 is 16.4. The maximum absolute atomic E-state index is 12.8. The molecular formula is C21H20O9. The lowest BCUT2D eigenvalue weighted by Gasteiger charge is -2.39. The van der Waals surface area contributed by atoms with Crippen LogP contribution in [0.4, 0.5) is 0 Å². The minimum Gasteiger partial charge on any atom is -0.508 e. The van der Waals surface area contributed by atoms with Crippen LogP contribution in [0.1, 0.15) is 0 Å². The average molecular weight is 416 g/mol. The summed E-state index contributed by atoms with van der Waals surface area (Å²) in [6.45, 7) is -0.572. The van der Waals surface area contributed by atoms with E-state index in [0.717, 1.165) is 0 Å². The Morgan fingerprint density at radius 1 is 0.967 bits per heavy atom. The maximum atomic E-state index is 12.8. The molecule has 0 bridgehead atoms. The molecule has 2 heterocycles. The van der Waals surface area contributed by atoms with Gasteiger partial charge in [-0.3, -0.25) is 4.79 Å². The van der Waals surface area contributed by atoms with E-state index in [1.807, 2.05) is 0 Å². The predicted molar refractivity (Wildman–Crippen MR) is 104 cm³/mol. The van der Waals surface area contributed by atoms with E-state index < -0.39 is 37.3 Å². The van der Waals surface area contributed by atoms with Crippen LogP contribution in [0.15, 0.2) is 57.9 Å². The fourth-order valence-corrected chi connectivity index (χ4v) is 3.32. The predicted octanol–water partition coefficient (Wildman–Crippen LogP) is 0.344. The largest absolute Gasteiger partial charge is 0.508 e. The number of ether oxygens (including phenoxy) is 2. The van der Waals surface area contributed by atoms with Crippen molar-refractivity contribution in [1.82, 2.24) is 0 Å². The zero-order valence-electron chi connectivity index (χ0n) is 15.6. The summed E-state index contributed by atoms with van der Waals surface area (Å²) in [5, 5.41) is 48.7. The molecule has 9 nitrogen and oxygen atoms in total. The molecule has 30 heavy (non-hydrogen) atoms. The Bertz CT molecular complexity index is 1090. The van der Waals surface area contributed by atoms with Gasteiger partial charge in [-0.2, -0.15) is 0 Å². The number of benzene rings is 2. The topological polar surface area (TPSA) is 150 Å². The van der Waals surface area contributed by atoms with E-state index in [-0.39, 0.29) is 22.5 Å². The van der Waals surface area contributed by atoms with Gasteiger partial charge in [0.1, 0.15) is 47.8 Å². The van der Waals surface area contributed by atoms with Crippen LogP contribution in [0.5, 0.6) is 11.5 Å². The van der Waals surface area contributed by atoms with E-state index >= 15 is 0 Å². The Kier molecular flexibility index (Phi) is 5.46. The molecule has 5 N–H and O–H groups in total. The summed E-state index contributed by atoms with van der Waals surface area (Å²) in [6, 6.07) is 10.5. The molecule has 1 fully saturated rings. The third-order valence-corrected chi connectivity index (χ3v) is 5.03. The number of phenols is 1. The Labute approximate surface area is 170 Å². The van der Waals surface area contributed by atoms with Gasteiger partial charge in [0.05, 0.1) is 17.6 Å². The van der Waals surface area contributed by atoms with E-state index in [0.29, 0.717) is 16.5 Å². The van der Waals surface area contributed by atoms with E-state index in [4.69, 9.17) is 13.9 Å². The van der Waals surface area contributed by atoms with E-state index in [1.54, 1.807) is 12.1 Å². The molecule has 3 aromatic rings. The molecule has 9 heteroatoms. The lowest BCUT2D eigenvalue weighted by molar-refractivity contribution is -0.277. The van der Waals surface area contributed by atoms with Crippen LogP contribution in [-0.2, 0) is 4.74 Å². The number of rotatable bonds is 4. The minimum atomic E-state index is -1.56. The molecule has 0 saturated carbocycles. The molecule has 1 saturated heterocycles. The zero-order valence-corrected chi connectivity index (χ0v) is 15.6. The molecule has 5 atom stereocenters. The van der Waals surface area contributed by atoms with Gasteiger partial charge < -0.3 is 39.4 Å². The van der Waals surface area contributed by atoms with Crippen molar-refractivity contribution >= 4 is 11.0 Å². The molecule has 0 radical (unpaired) electrons. The summed E-state index contributed by atoms with van der Waals surface area (Å²) in [4.78, 5) is 12.8. The molecule has 0 amide bonds. The summed E-state index contributed by atoms with van der Waals surface area (Å²) in [7, 11) is 0. The Morgan fingerprint density at radius 2 is 1.70 bits per heavy atom. The van der Waals surface area contributed by atoms with Crippen molar-refractivity contribution < 1.29 is 39.4 Å². The first-order valence-corrected chi connectivity index (χ1v) is 9.21. The van der Waals surface area contributed by atoms with Crippen molar-refractivity contribution in [2.75, 3.05) is 6.61 Å². The second-order valence-corrected chi connectivity index (χ2v) is 7.00. The van der Waals surface area contributed by atoms with Gasteiger partial charge in [-0.1, -0.05) is 12.1 Å². The molecule has 158 valence electrons. The first-order valence-electron chi connectivity index (χ1n) is 9.21. The van der Waals surface area contributed by atoms with Gasteiger partial charge in [-0.25, -0.2) is 0 Å². The second-order valence-electron chi connectivity index (χ2n) is 7.00. The van der Waals surface area contributed by atoms with Gasteiger partial charge in [-0.05, 0) is 29.8 Å². The third kappa shape index (κ3) is 3.64. The standard InChI is InChI=1S/C21H20O9/c22-8-16-18(25)19(26)20(27)21(30-16)29-12-5-6-13-15(7-12)28-9-14(17(13)24)10-1-3-11(23)4-2-10/h1-7,9,16,18-23,25-27H,8H2/t16-,18-,19-,20+,21+/m1/s1. The van der Waals surface area contributed by atoms with Crippen LogP contribution in [0.25, 0.3) is 22.1 Å². The van der Waals surface area contributed by atoms with Crippen LogP contribution in [0.2, 0.25) is 0 Å². The highest BCUT2D eigenvalue weighted by Gasteiger charge is 2.44.